The number of rotatable bonds is 6. The number of amides is 1. The number of aryl methyl sites for hydroxylation is 2. The minimum atomic E-state index is -3.76. The van der Waals surface area contributed by atoms with Crippen LogP contribution in [0.2, 0.25) is 10.0 Å². The molecule has 0 radical (unpaired) electrons. The van der Waals surface area contributed by atoms with Crippen LogP contribution in [0.15, 0.2) is 36.4 Å². The molecule has 2 rings (SSSR count). The van der Waals surface area contributed by atoms with Crippen molar-refractivity contribution in [3.8, 4) is 0 Å². The van der Waals surface area contributed by atoms with E-state index in [1.165, 1.54) is 18.2 Å². The Bertz CT molecular complexity index is 941. The minimum Gasteiger partial charge on any atom is -0.324 e. The Kier molecular flexibility index (Phi) is 6.78. The molecule has 0 heterocycles. The van der Waals surface area contributed by atoms with Gasteiger partial charge in [0.05, 0.1) is 11.9 Å². The maximum absolute atomic E-state index is 12.9. The average molecular weight is 429 g/mol. The smallest absolute Gasteiger partial charge is 0.248 e. The van der Waals surface area contributed by atoms with Gasteiger partial charge in [0.25, 0.3) is 0 Å². The third kappa shape index (κ3) is 5.37. The Morgan fingerprint density at radius 3 is 2.19 bits per heavy atom. The molecule has 0 aliphatic heterocycles. The predicted molar refractivity (Wildman–Crippen MR) is 112 cm³/mol. The van der Waals surface area contributed by atoms with Crippen LogP contribution in [-0.2, 0) is 14.8 Å². The molecule has 8 heteroatoms. The van der Waals surface area contributed by atoms with Crippen LogP contribution in [0.5, 0.6) is 0 Å². The first-order valence-corrected chi connectivity index (χ1v) is 11.0. The molecule has 146 valence electrons. The molecule has 0 saturated heterocycles. The average Bonchev–Trinajstić information content (AvgIpc) is 2.52. The van der Waals surface area contributed by atoms with Crippen molar-refractivity contribution >= 4 is 50.5 Å². The van der Waals surface area contributed by atoms with Crippen molar-refractivity contribution in [3.05, 3.63) is 57.6 Å². The van der Waals surface area contributed by atoms with E-state index in [2.05, 4.69) is 5.32 Å². The molecular weight excluding hydrogens is 407 g/mol. The summed E-state index contributed by atoms with van der Waals surface area (Å²) in [7, 11) is -3.76. The minimum absolute atomic E-state index is 0.248. The van der Waals surface area contributed by atoms with Gasteiger partial charge in [-0.3, -0.25) is 9.10 Å². The molecule has 1 atom stereocenters. The molecule has 2 aromatic rings. The molecule has 1 amide bonds. The van der Waals surface area contributed by atoms with Crippen LogP contribution in [0.1, 0.15) is 24.5 Å². The van der Waals surface area contributed by atoms with Gasteiger partial charge in [0.2, 0.25) is 15.9 Å². The van der Waals surface area contributed by atoms with Gasteiger partial charge in [-0.1, -0.05) is 47.8 Å². The Morgan fingerprint density at radius 2 is 1.70 bits per heavy atom. The fourth-order valence-electron chi connectivity index (χ4n) is 2.90. The lowest BCUT2D eigenvalue weighted by atomic mass is 10.1. The molecule has 0 saturated carbocycles. The molecule has 2 aromatic carbocycles. The van der Waals surface area contributed by atoms with Crippen LogP contribution >= 0.6 is 23.2 Å². The van der Waals surface area contributed by atoms with Gasteiger partial charge in [0.15, 0.2) is 0 Å². The summed E-state index contributed by atoms with van der Waals surface area (Å²) in [6, 6.07) is 9.13. The lowest BCUT2D eigenvalue weighted by Gasteiger charge is -2.30. The topological polar surface area (TPSA) is 66.5 Å². The van der Waals surface area contributed by atoms with Crippen molar-refractivity contribution < 1.29 is 13.2 Å². The summed E-state index contributed by atoms with van der Waals surface area (Å²) in [5.41, 5.74) is 2.86. The maximum atomic E-state index is 12.9. The third-order valence-electron chi connectivity index (χ3n) is 4.07. The molecule has 1 N–H and O–H groups in total. The molecule has 0 aliphatic carbocycles. The van der Waals surface area contributed by atoms with Gasteiger partial charge in [0, 0.05) is 15.7 Å². The first-order valence-electron chi connectivity index (χ1n) is 8.36. The van der Waals surface area contributed by atoms with E-state index in [9.17, 15) is 13.2 Å². The highest BCUT2D eigenvalue weighted by atomic mass is 35.5. The SMILES string of the molecule is CC[C@H](C(=O)Nc1ccc(C)cc1C)N(c1cc(Cl)cc(Cl)c1)S(C)(=O)=O. The van der Waals surface area contributed by atoms with Crippen molar-refractivity contribution in [2.45, 2.75) is 33.2 Å². The molecule has 0 fully saturated rings. The Morgan fingerprint density at radius 1 is 1.11 bits per heavy atom. The van der Waals surface area contributed by atoms with Crippen molar-refractivity contribution in [2.75, 3.05) is 15.9 Å². The Hall–Kier alpha value is -1.76. The Labute approximate surface area is 170 Å². The number of nitrogens with one attached hydrogen (secondary N) is 1. The van der Waals surface area contributed by atoms with Crippen LogP contribution in [0.3, 0.4) is 0 Å². The number of sulfonamides is 1. The van der Waals surface area contributed by atoms with E-state index in [0.717, 1.165) is 21.7 Å². The van der Waals surface area contributed by atoms with Gasteiger partial charge in [-0.15, -0.1) is 0 Å². The molecule has 27 heavy (non-hydrogen) atoms. The quantitative estimate of drug-likeness (QED) is 0.718. The fourth-order valence-corrected chi connectivity index (χ4v) is 4.61. The highest BCUT2D eigenvalue weighted by Crippen LogP contribution is 2.30. The molecule has 0 aliphatic rings. The summed E-state index contributed by atoms with van der Waals surface area (Å²) in [6.07, 6.45) is 1.32. The highest BCUT2D eigenvalue weighted by molar-refractivity contribution is 7.92. The third-order valence-corrected chi connectivity index (χ3v) is 5.69. The van der Waals surface area contributed by atoms with E-state index in [0.29, 0.717) is 5.69 Å². The number of halogens is 2. The van der Waals surface area contributed by atoms with Crippen LogP contribution in [-0.4, -0.2) is 26.6 Å². The van der Waals surface area contributed by atoms with E-state index >= 15 is 0 Å². The lowest BCUT2D eigenvalue weighted by Crippen LogP contribution is -2.47. The van der Waals surface area contributed by atoms with Crippen LogP contribution in [0, 0.1) is 13.8 Å². The largest absolute Gasteiger partial charge is 0.324 e. The number of hydrogen-bond donors (Lipinski definition) is 1. The number of benzene rings is 2. The number of carbonyl (C=O) groups is 1. The summed E-state index contributed by atoms with van der Waals surface area (Å²) in [5.74, 6) is -0.425. The predicted octanol–water partition coefficient (Wildman–Crippen LogP) is 4.79. The van der Waals surface area contributed by atoms with E-state index in [1.807, 2.05) is 26.0 Å². The van der Waals surface area contributed by atoms with Crippen molar-refractivity contribution in [1.29, 1.82) is 0 Å². The number of carbonyl (C=O) groups excluding carboxylic acids is 1. The first-order chi connectivity index (χ1) is 12.5. The summed E-state index contributed by atoms with van der Waals surface area (Å²) >= 11 is 12.1. The van der Waals surface area contributed by atoms with Gasteiger partial charge in [-0.05, 0) is 50.1 Å². The zero-order valence-corrected chi connectivity index (χ0v) is 17.9. The van der Waals surface area contributed by atoms with Gasteiger partial charge >= 0.3 is 0 Å². The fraction of sp³-hybridized carbons (Fsp3) is 0.316. The van der Waals surface area contributed by atoms with Gasteiger partial charge in [-0.2, -0.15) is 0 Å². The first kappa shape index (κ1) is 21.5. The summed E-state index contributed by atoms with van der Waals surface area (Å²) in [5, 5.41) is 3.40. The molecule has 5 nitrogen and oxygen atoms in total. The molecule has 0 unspecified atom stereocenters. The molecule has 0 bridgehead atoms. The second kappa shape index (κ2) is 8.50. The molecular formula is C19H22Cl2N2O3S. The highest BCUT2D eigenvalue weighted by Gasteiger charge is 2.32. The summed E-state index contributed by atoms with van der Waals surface area (Å²) in [6.45, 7) is 5.59. The van der Waals surface area contributed by atoms with Crippen LogP contribution in [0.4, 0.5) is 11.4 Å². The van der Waals surface area contributed by atoms with E-state index in [4.69, 9.17) is 23.2 Å². The van der Waals surface area contributed by atoms with Crippen LogP contribution < -0.4 is 9.62 Å². The van der Waals surface area contributed by atoms with E-state index in [-0.39, 0.29) is 22.2 Å². The summed E-state index contributed by atoms with van der Waals surface area (Å²) in [4.78, 5) is 12.9. The van der Waals surface area contributed by atoms with Crippen molar-refractivity contribution in [1.82, 2.24) is 0 Å². The maximum Gasteiger partial charge on any atom is 0.248 e. The van der Waals surface area contributed by atoms with E-state index < -0.39 is 22.0 Å². The monoisotopic (exact) mass is 428 g/mol. The Balaban J connectivity index is 2.44. The number of anilines is 2. The van der Waals surface area contributed by atoms with E-state index in [1.54, 1.807) is 13.0 Å². The van der Waals surface area contributed by atoms with Gasteiger partial charge in [-0.25, -0.2) is 8.42 Å². The summed E-state index contributed by atoms with van der Waals surface area (Å²) < 4.78 is 26.0. The second-order valence-electron chi connectivity index (χ2n) is 6.42. The van der Waals surface area contributed by atoms with Gasteiger partial charge in [0.1, 0.15) is 6.04 Å². The van der Waals surface area contributed by atoms with Crippen molar-refractivity contribution in [2.24, 2.45) is 0 Å². The molecule has 0 aromatic heterocycles. The zero-order valence-electron chi connectivity index (χ0n) is 15.6. The number of hydrogen-bond acceptors (Lipinski definition) is 3. The number of nitrogens with zero attached hydrogens (tertiary/aromatic N) is 1. The zero-order chi connectivity index (χ0) is 20.4. The lowest BCUT2D eigenvalue weighted by molar-refractivity contribution is -0.117. The van der Waals surface area contributed by atoms with Crippen molar-refractivity contribution in [3.63, 3.8) is 0 Å². The van der Waals surface area contributed by atoms with Crippen LogP contribution in [0.25, 0.3) is 0 Å². The standard InChI is InChI=1S/C19H22Cl2N2O3S/c1-5-18(19(24)22-17-7-6-12(2)8-13(17)3)23(27(4,25)26)16-10-14(20)9-15(21)11-16/h6-11,18H,5H2,1-4H3,(H,22,24)/t18-/m1/s1. The van der Waals surface area contributed by atoms with Gasteiger partial charge < -0.3 is 5.32 Å². The normalized spacial score (nSPS) is 12.5. The molecule has 0 spiro atoms. The second-order valence-corrected chi connectivity index (χ2v) is 9.15.